The summed E-state index contributed by atoms with van der Waals surface area (Å²) in [5, 5.41) is 12.4. The number of carboxylic acid groups (broad SMARTS) is 1. The molecule has 0 saturated heterocycles. The summed E-state index contributed by atoms with van der Waals surface area (Å²) in [6, 6.07) is 8.11. The minimum atomic E-state index is -0.771. The van der Waals surface area contributed by atoms with E-state index >= 15 is 0 Å². The lowest BCUT2D eigenvalue weighted by Crippen LogP contribution is -2.53. The molecule has 2 aliphatic carbocycles. The van der Waals surface area contributed by atoms with Crippen molar-refractivity contribution in [2.24, 2.45) is 11.8 Å². The van der Waals surface area contributed by atoms with Gasteiger partial charge in [0.2, 0.25) is 5.91 Å². The van der Waals surface area contributed by atoms with E-state index in [0.29, 0.717) is 12.8 Å². The molecule has 4 nitrogen and oxygen atoms in total. The Labute approximate surface area is 144 Å². The van der Waals surface area contributed by atoms with Gasteiger partial charge in [-0.25, -0.2) is 0 Å². The molecular formula is C18H22BrNO3. The molecule has 2 N–H and O–H groups in total. The second-order valence-corrected chi connectivity index (χ2v) is 7.75. The van der Waals surface area contributed by atoms with Crippen molar-refractivity contribution in [3.63, 3.8) is 0 Å². The highest BCUT2D eigenvalue weighted by Gasteiger charge is 2.42. The second-order valence-electron chi connectivity index (χ2n) is 6.83. The first kappa shape index (κ1) is 16.5. The third-order valence-corrected chi connectivity index (χ3v) is 5.83. The molecule has 1 amide bonds. The highest BCUT2D eigenvalue weighted by atomic mass is 79.9. The molecule has 124 valence electrons. The number of hydrogen-bond donors (Lipinski definition) is 2. The van der Waals surface area contributed by atoms with E-state index in [9.17, 15) is 14.7 Å². The van der Waals surface area contributed by atoms with Crippen LogP contribution < -0.4 is 5.32 Å². The van der Waals surface area contributed by atoms with Gasteiger partial charge in [0.25, 0.3) is 0 Å². The highest BCUT2D eigenvalue weighted by Crippen LogP contribution is 2.42. The van der Waals surface area contributed by atoms with E-state index in [1.807, 2.05) is 12.1 Å². The molecule has 0 heterocycles. The highest BCUT2D eigenvalue weighted by molar-refractivity contribution is 9.10. The lowest BCUT2D eigenvalue weighted by molar-refractivity contribution is -0.144. The van der Waals surface area contributed by atoms with Gasteiger partial charge in [0, 0.05) is 10.4 Å². The molecule has 3 rings (SSSR count). The lowest BCUT2D eigenvalue weighted by Gasteiger charge is -2.44. The number of halogens is 1. The summed E-state index contributed by atoms with van der Waals surface area (Å²) in [5.74, 6) is -1.29. The molecule has 1 aromatic carbocycles. The number of benzene rings is 1. The van der Waals surface area contributed by atoms with Crippen LogP contribution >= 0.6 is 15.9 Å². The van der Waals surface area contributed by atoms with E-state index in [-0.39, 0.29) is 23.3 Å². The van der Waals surface area contributed by atoms with Crippen LogP contribution in [0.1, 0.15) is 50.5 Å². The SMILES string of the molecule is O=C(O)C1CCCC(C(=O)NC2(c3cccc(Br)c3)CCC2)C1. The Morgan fingerprint density at radius 1 is 1.17 bits per heavy atom. The molecule has 2 fully saturated rings. The van der Waals surface area contributed by atoms with Crippen LogP contribution in [0.3, 0.4) is 0 Å². The summed E-state index contributed by atoms with van der Waals surface area (Å²) in [6.45, 7) is 0. The molecule has 0 aromatic heterocycles. The Bertz CT molecular complexity index is 612. The van der Waals surface area contributed by atoms with Gasteiger partial charge in [-0.1, -0.05) is 34.5 Å². The standard InChI is InChI=1S/C18H22BrNO3/c19-15-7-2-6-14(11-15)18(8-3-9-18)20-16(21)12-4-1-5-13(10-12)17(22)23/h2,6-7,11-13H,1,3-5,8-10H2,(H,20,21)(H,22,23). The summed E-state index contributed by atoms with van der Waals surface area (Å²) in [6.07, 6.45) is 5.78. The fraction of sp³-hybridized carbons (Fsp3) is 0.556. The third kappa shape index (κ3) is 3.44. The first-order chi connectivity index (χ1) is 11.0. The zero-order chi connectivity index (χ0) is 16.4. The third-order valence-electron chi connectivity index (χ3n) is 5.34. The molecule has 0 aliphatic heterocycles. The maximum atomic E-state index is 12.7. The molecule has 5 heteroatoms. The maximum Gasteiger partial charge on any atom is 0.306 e. The van der Waals surface area contributed by atoms with Crippen molar-refractivity contribution in [2.75, 3.05) is 0 Å². The second kappa shape index (κ2) is 6.63. The Kier molecular flexibility index (Phi) is 4.76. The topological polar surface area (TPSA) is 66.4 Å². The largest absolute Gasteiger partial charge is 0.481 e. The summed E-state index contributed by atoms with van der Waals surface area (Å²) >= 11 is 3.50. The monoisotopic (exact) mass is 379 g/mol. The Morgan fingerprint density at radius 2 is 1.91 bits per heavy atom. The van der Waals surface area contributed by atoms with Gasteiger partial charge in [0.05, 0.1) is 11.5 Å². The lowest BCUT2D eigenvalue weighted by atomic mass is 9.71. The van der Waals surface area contributed by atoms with E-state index in [1.165, 1.54) is 0 Å². The summed E-state index contributed by atoms with van der Waals surface area (Å²) < 4.78 is 1.01. The van der Waals surface area contributed by atoms with Crippen LogP contribution in [-0.2, 0) is 15.1 Å². The van der Waals surface area contributed by atoms with Crippen LogP contribution in [0, 0.1) is 11.8 Å². The molecule has 1 aromatic rings. The van der Waals surface area contributed by atoms with Gasteiger partial charge >= 0.3 is 5.97 Å². The van der Waals surface area contributed by atoms with Crippen molar-refractivity contribution in [2.45, 2.75) is 50.5 Å². The number of rotatable bonds is 4. The summed E-state index contributed by atoms with van der Waals surface area (Å²) in [5.41, 5.74) is 0.869. The predicted octanol–water partition coefficient (Wildman–Crippen LogP) is 3.84. The van der Waals surface area contributed by atoms with E-state index in [0.717, 1.165) is 42.1 Å². The molecule has 2 aliphatic rings. The van der Waals surface area contributed by atoms with Crippen LogP contribution in [0.15, 0.2) is 28.7 Å². The van der Waals surface area contributed by atoms with E-state index in [2.05, 4.69) is 33.4 Å². The van der Waals surface area contributed by atoms with Crippen molar-refractivity contribution < 1.29 is 14.7 Å². The van der Waals surface area contributed by atoms with Gasteiger partial charge in [0.1, 0.15) is 0 Å². The van der Waals surface area contributed by atoms with Gasteiger partial charge in [-0.3, -0.25) is 9.59 Å². The zero-order valence-corrected chi connectivity index (χ0v) is 14.6. The molecule has 2 atom stereocenters. The number of carboxylic acids is 1. The summed E-state index contributed by atoms with van der Waals surface area (Å²) in [7, 11) is 0. The van der Waals surface area contributed by atoms with Crippen molar-refractivity contribution in [1.29, 1.82) is 0 Å². The van der Waals surface area contributed by atoms with Gasteiger partial charge < -0.3 is 10.4 Å². The molecule has 0 radical (unpaired) electrons. The zero-order valence-electron chi connectivity index (χ0n) is 13.1. The number of aliphatic carboxylic acids is 1. The van der Waals surface area contributed by atoms with Crippen LogP contribution in [0.25, 0.3) is 0 Å². The van der Waals surface area contributed by atoms with E-state index < -0.39 is 5.97 Å². The molecule has 2 unspecified atom stereocenters. The van der Waals surface area contributed by atoms with Gasteiger partial charge in [-0.05, 0) is 56.2 Å². The first-order valence-electron chi connectivity index (χ1n) is 8.31. The molecule has 0 spiro atoms. The van der Waals surface area contributed by atoms with Crippen LogP contribution in [0.2, 0.25) is 0 Å². The van der Waals surface area contributed by atoms with Crippen LogP contribution in [0.5, 0.6) is 0 Å². The fourth-order valence-corrected chi connectivity index (χ4v) is 4.19. The number of amides is 1. The Hall–Kier alpha value is -1.36. The number of carbonyl (C=O) groups excluding carboxylic acids is 1. The average Bonchev–Trinajstić information content (AvgIpc) is 2.50. The summed E-state index contributed by atoms with van der Waals surface area (Å²) in [4.78, 5) is 23.9. The van der Waals surface area contributed by atoms with Crippen LogP contribution in [0.4, 0.5) is 0 Å². The molecular weight excluding hydrogens is 358 g/mol. The number of carbonyl (C=O) groups is 2. The van der Waals surface area contributed by atoms with Crippen molar-refractivity contribution in [3.05, 3.63) is 34.3 Å². The quantitative estimate of drug-likeness (QED) is 0.834. The Morgan fingerprint density at radius 3 is 2.52 bits per heavy atom. The average molecular weight is 380 g/mol. The molecule has 0 bridgehead atoms. The van der Waals surface area contributed by atoms with Crippen LogP contribution in [-0.4, -0.2) is 17.0 Å². The Balaban J connectivity index is 1.72. The van der Waals surface area contributed by atoms with E-state index in [4.69, 9.17) is 0 Å². The van der Waals surface area contributed by atoms with Gasteiger partial charge in [-0.2, -0.15) is 0 Å². The van der Waals surface area contributed by atoms with Crippen molar-refractivity contribution in [3.8, 4) is 0 Å². The predicted molar refractivity (Wildman–Crippen MR) is 90.9 cm³/mol. The minimum absolute atomic E-state index is 0.0237. The first-order valence-corrected chi connectivity index (χ1v) is 9.10. The van der Waals surface area contributed by atoms with Gasteiger partial charge in [0.15, 0.2) is 0 Å². The van der Waals surface area contributed by atoms with E-state index in [1.54, 1.807) is 0 Å². The normalized spacial score (nSPS) is 26.1. The number of hydrogen-bond acceptors (Lipinski definition) is 2. The van der Waals surface area contributed by atoms with Gasteiger partial charge in [-0.15, -0.1) is 0 Å². The van der Waals surface area contributed by atoms with Crippen molar-refractivity contribution in [1.82, 2.24) is 5.32 Å². The molecule has 23 heavy (non-hydrogen) atoms. The fourth-order valence-electron chi connectivity index (χ4n) is 3.79. The van der Waals surface area contributed by atoms with Crippen molar-refractivity contribution >= 4 is 27.8 Å². The number of nitrogens with one attached hydrogen (secondary N) is 1. The maximum absolute atomic E-state index is 12.7. The minimum Gasteiger partial charge on any atom is -0.481 e. The smallest absolute Gasteiger partial charge is 0.306 e. The molecule has 2 saturated carbocycles.